The zero-order valence-electron chi connectivity index (χ0n) is 10.7. The molecule has 1 aromatic heterocycles. The molecule has 1 amide bonds. The van der Waals surface area contributed by atoms with Crippen LogP contribution < -0.4 is 5.32 Å². The first kappa shape index (κ1) is 12.6. The largest absolute Gasteiger partial charge is 0.383 e. The zero-order valence-corrected chi connectivity index (χ0v) is 10.7. The Morgan fingerprint density at radius 3 is 3.00 bits per heavy atom. The van der Waals surface area contributed by atoms with Gasteiger partial charge in [-0.15, -0.1) is 0 Å². The molecule has 0 aliphatic rings. The molecular weight excluding hydrogens is 228 g/mol. The highest BCUT2D eigenvalue weighted by Crippen LogP contribution is 2.17. The highest BCUT2D eigenvalue weighted by atomic mass is 16.5. The van der Waals surface area contributed by atoms with Crippen LogP contribution in [0.2, 0.25) is 0 Å². The predicted molar refractivity (Wildman–Crippen MR) is 71.7 cm³/mol. The van der Waals surface area contributed by atoms with Crippen molar-refractivity contribution < 1.29 is 9.53 Å². The van der Waals surface area contributed by atoms with Crippen molar-refractivity contribution in [3.63, 3.8) is 0 Å². The maximum Gasteiger partial charge on any atom is 0.252 e. The third kappa shape index (κ3) is 2.54. The van der Waals surface area contributed by atoms with Gasteiger partial charge in [0.1, 0.15) is 0 Å². The molecule has 0 aliphatic heterocycles. The molecule has 0 saturated heterocycles. The van der Waals surface area contributed by atoms with E-state index in [4.69, 9.17) is 4.74 Å². The third-order valence-corrected chi connectivity index (χ3v) is 3.04. The van der Waals surface area contributed by atoms with Gasteiger partial charge in [-0.2, -0.15) is 0 Å². The maximum atomic E-state index is 12.2. The number of carbonyl (C=O) groups is 1. The summed E-state index contributed by atoms with van der Waals surface area (Å²) in [6, 6.07) is 7.65. The molecule has 18 heavy (non-hydrogen) atoms. The molecule has 0 bridgehead atoms. The SMILES string of the molecule is CCC(COC)NC(=O)c1cccc2[nH]ccc12. The summed E-state index contributed by atoms with van der Waals surface area (Å²) in [6.07, 6.45) is 2.69. The molecule has 1 atom stereocenters. The summed E-state index contributed by atoms with van der Waals surface area (Å²) in [7, 11) is 1.64. The number of benzene rings is 1. The van der Waals surface area contributed by atoms with Crippen molar-refractivity contribution in [2.24, 2.45) is 0 Å². The number of ether oxygens (including phenoxy) is 1. The summed E-state index contributed by atoms with van der Waals surface area (Å²) in [5.41, 5.74) is 1.67. The molecule has 4 heteroatoms. The van der Waals surface area contributed by atoms with Crippen LogP contribution in [0.4, 0.5) is 0 Å². The van der Waals surface area contributed by atoms with Crippen molar-refractivity contribution in [1.82, 2.24) is 10.3 Å². The molecule has 1 aromatic carbocycles. The fourth-order valence-corrected chi connectivity index (χ4v) is 2.01. The number of aromatic amines is 1. The Bertz CT molecular complexity index is 533. The number of rotatable bonds is 5. The van der Waals surface area contributed by atoms with Crippen LogP contribution >= 0.6 is 0 Å². The van der Waals surface area contributed by atoms with Crippen LogP contribution in [0.15, 0.2) is 30.5 Å². The number of hydrogen-bond acceptors (Lipinski definition) is 2. The van der Waals surface area contributed by atoms with E-state index < -0.39 is 0 Å². The molecule has 0 spiro atoms. The lowest BCUT2D eigenvalue weighted by Crippen LogP contribution is -2.37. The van der Waals surface area contributed by atoms with Crippen molar-refractivity contribution in [3.8, 4) is 0 Å². The average Bonchev–Trinajstić information content (AvgIpc) is 2.85. The summed E-state index contributed by atoms with van der Waals surface area (Å²) in [5, 5.41) is 3.93. The van der Waals surface area contributed by atoms with Crippen LogP contribution in [0.5, 0.6) is 0 Å². The van der Waals surface area contributed by atoms with E-state index in [1.54, 1.807) is 7.11 Å². The van der Waals surface area contributed by atoms with E-state index in [1.165, 1.54) is 0 Å². The molecule has 4 nitrogen and oxygen atoms in total. The van der Waals surface area contributed by atoms with Gasteiger partial charge in [-0.1, -0.05) is 13.0 Å². The topological polar surface area (TPSA) is 54.1 Å². The van der Waals surface area contributed by atoms with E-state index in [9.17, 15) is 4.79 Å². The molecule has 96 valence electrons. The summed E-state index contributed by atoms with van der Waals surface area (Å²) < 4.78 is 5.08. The van der Waals surface area contributed by atoms with Gasteiger partial charge >= 0.3 is 0 Å². The molecule has 0 radical (unpaired) electrons. The van der Waals surface area contributed by atoms with Gasteiger partial charge in [0.25, 0.3) is 5.91 Å². The molecule has 0 saturated carbocycles. The number of fused-ring (bicyclic) bond motifs is 1. The Kier molecular flexibility index (Phi) is 3.99. The van der Waals surface area contributed by atoms with Crippen molar-refractivity contribution in [2.75, 3.05) is 13.7 Å². The normalized spacial score (nSPS) is 12.6. The van der Waals surface area contributed by atoms with E-state index in [-0.39, 0.29) is 11.9 Å². The van der Waals surface area contributed by atoms with Crippen LogP contribution in [0, 0.1) is 0 Å². The van der Waals surface area contributed by atoms with Gasteiger partial charge in [0.2, 0.25) is 0 Å². The van der Waals surface area contributed by atoms with E-state index in [1.807, 2.05) is 37.4 Å². The summed E-state index contributed by atoms with van der Waals surface area (Å²) in [4.78, 5) is 15.3. The Morgan fingerprint density at radius 2 is 2.28 bits per heavy atom. The Hall–Kier alpha value is -1.81. The first-order valence-corrected chi connectivity index (χ1v) is 6.12. The molecule has 2 rings (SSSR count). The number of nitrogens with one attached hydrogen (secondary N) is 2. The highest BCUT2D eigenvalue weighted by Gasteiger charge is 2.14. The lowest BCUT2D eigenvalue weighted by molar-refractivity contribution is 0.0896. The van der Waals surface area contributed by atoms with E-state index in [0.717, 1.165) is 17.3 Å². The van der Waals surface area contributed by atoms with Crippen LogP contribution in [0.25, 0.3) is 10.9 Å². The molecule has 2 aromatic rings. The second-order valence-electron chi connectivity index (χ2n) is 4.28. The Balaban J connectivity index is 2.20. The monoisotopic (exact) mass is 246 g/mol. The minimum absolute atomic E-state index is 0.0518. The second-order valence-corrected chi connectivity index (χ2v) is 4.28. The Labute approximate surface area is 106 Å². The highest BCUT2D eigenvalue weighted by molar-refractivity contribution is 6.06. The van der Waals surface area contributed by atoms with Crippen LogP contribution in [-0.2, 0) is 4.74 Å². The smallest absolute Gasteiger partial charge is 0.252 e. The van der Waals surface area contributed by atoms with Crippen LogP contribution in [-0.4, -0.2) is 30.6 Å². The van der Waals surface area contributed by atoms with Gasteiger partial charge < -0.3 is 15.0 Å². The average molecular weight is 246 g/mol. The number of methoxy groups -OCH3 is 1. The fourth-order valence-electron chi connectivity index (χ4n) is 2.01. The molecule has 1 unspecified atom stereocenters. The van der Waals surface area contributed by atoms with Crippen molar-refractivity contribution in [2.45, 2.75) is 19.4 Å². The predicted octanol–water partition coefficient (Wildman–Crippen LogP) is 2.32. The maximum absolute atomic E-state index is 12.2. The molecular formula is C14H18N2O2. The van der Waals surface area contributed by atoms with Crippen molar-refractivity contribution in [1.29, 1.82) is 0 Å². The quantitative estimate of drug-likeness (QED) is 0.850. The summed E-state index contributed by atoms with van der Waals surface area (Å²) in [5.74, 6) is -0.0518. The van der Waals surface area contributed by atoms with Gasteiger partial charge in [0, 0.05) is 29.8 Å². The number of H-pyrrole nitrogens is 1. The van der Waals surface area contributed by atoms with E-state index in [2.05, 4.69) is 10.3 Å². The van der Waals surface area contributed by atoms with Crippen molar-refractivity contribution >= 4 is 16.8 Å². The second kappa shape index (κ2) is 5.69. The third-order valence-electron chi connectivity index (χ3n) is 3.04. The molecule has 0 aliphatic carbocycles. The van der Waals surface area contributed by atoms with Gasteiger partial charge in [0.05, 0.1) is 12.6 Å². The summed E-state index contributed by atoms with van der Waals surface area (Å²) >= 11 is 0. The van der Waals surface area contributed by atoms with E-state index >= 15 is 0 Å². The number of hydrogen-bond donors (Lipinski definition) is 2. The van der Waals surface area contributed by atoms with Gasteiger partial charge in [-0.3, -0.25) is 4.79 Å². The fraction of sp³-hybridized carbons (Fsp3) is 0.357. The standard InChI is InChI=1S/C14H18N2O2/c1-3-10(9-18-2)16-14(17)12-5-4-6-13-11(12)7-8-15-13/h4-8,10,15H,3,9H2,1-2H3,(H,16,17). The first-order chi connectivity index (χ1) is 8.76. The molecule has 2 N–H and O–H groups in total. The number of carbonyl (C=O) groups excluding carboxylic acids is 1. The van der Waals surface area contributed by atoms with Gasteiger partial charge in [0.15, 0.2) is 0 Å². The zero-order chi connectivity index (χ0) is 13.0. The lowest BCUT2D eigenvalue weighted by Gasteiger charge is -2.16. The summed E-state index contributed by atoms with van der Waals surface area (Å²) in [6.45, 7) is 2.56. The lowest BCUT2D eigenvalue weighted by atomic mass is 10.1. The van der Waals surface area contributed by atoms with Crippen LogP contribution in [0.1, 0.15) is 23.7 Å². The first-order valence-electron chi connectivity index (χ1n) is 6.12. The molecule has 0 fully saturated rings. The molecule has 1 heterocycles. The van der Waals surface area contributed by atoms with Crippen LogP contribution in [0.3, 0.4) is 0 Å². The minimum atomic E-state index is -0.0518. The van der Waals surface area contributed by atoms with Crippen molar-refractivity contribution in [3.05, 3.63) is 36.0 Å². The minimum Gasteiger partial charge on any atom is -0.383 e. The number of amides is 1. The van der Waals surface area contributed by atoms with Gasteiger partial charge in [-0.25, -0.2) is 0 Å². The van der Waals surface area contributed by atoms with E-state index in [0.29, 0.717) is 12.2 Å². The Morgan fingerprint density at radius 1 is 1.44 bits per heavy atom. The number of aromatic nitrogens is 1. The van der Waals surface area contributed by atoms with Gasteiger partial charge in [-0.05, 0) is 24.6 Å².